The third kappa shape index (κ3) is 8.55. The maximum absolute atomic E-state index is 9.74. The van der Waals surface area contributed by atoms with Crippen LogP contribution >= 0.6 is 0 Å². The lowest BCUT2D eigenvalue weighted by Gasteiger charge is -2.13. The lowest BCUT2D eigenvalue weighted by molar-refractivity contribution is -0.366. The first-order chi connectivity index (χ1) is 9.29. The number of quaternary nitrogens is 1. The lowest BCUT2D eigenvalue weighted by atomic mass is 10.1. The van der Waals surface area contributed by atoms with Crippen LogP contribution in [0.15, 0.2) is 24.3 Å². The number of carbonyl (C=O) groups is 2. The van der Waals surface area contributed by atoms with Gasteiger partial charge in [-0.2, -0.15) is 0 Å². The van der Waals surface area contributed by atoms with Crippen LogP contribution in [0.3, 0.4) is 0 Å². The van der Waals surface area contributed by atoms with Crippen LogP contribution in [0.4, 0.5) is 0 Å². The summed E-state index contributed by atoms with van der Waals surface area (Å²) in [6.45, 7) is 0.908. The van der Waals surface area contributed by atoms with E-state index in [-0.39, 0.29) is 5.48 Å². The Balaban J connectivity index is 0. The molecule has 0 aliphatic carbocycles. The van der Waals surface area contributed by atoms with E-state index in [2.05, 4.69) is 5.73 Å². The number of carbonyl (C=O) groups excluding carboxylic acids is 1. The van der Waals surface area contributed by atoms with Crippen LogP contribution in [0.2, 0.25) is 0 Å². The molecule has 0 unspecified atom stereocenters. The van der Waals surface area contributed by atoms with E-state index in [1.165, 1.54) is 5.56 Å². The number of rotatable bonds is 5. The largest absolute Gasteiger partial charge is 0.547 e. The van der Waals surface area contributed by atoms with Gasteiger partial charge in [0.05, 0.1) is 12.5 Å². The first-order valence-corrected chi connectivity index (χ1v) is 5.66. The molecule has 1 rings (SSSR count). The number of aliphatic hydroxyl groups is 2. The van der Waals surface area contributed by atoms with E-state index < -0.39 is 24.1 Å². The molecule has 0 heterocycles. The predicted octanol–water partition coefficient (Wildman–Crippen LogP) is -4.11. The van der Waals surface area contributed by atoms with Crippen molar-refractivity contribution in [3.8, 4) is 5.75 Å². The minimum absolute atomic E-state index is 0. The van der Waals surface area contributed by atoms with Crippen molar-refractivity contribution in [2.24, 2.45) is 0 Å². The van der Waals surface area contributed by atoms with Gasteiger partial charge in [-0.15, -0.1) is 0 Å². The van der Waals surface area contributed by atoms with Gasteiger partial charge in [0.2, 0.25) is 0 Å². The Morgan fingerprint density at radius 3 is 1.90 bits per heavy atom. The first-order valence-electron chi connectivity index (χ1n) is 5.66. The summed E-state index contributed by atoms with van der Waals surface area (Å²) >= 11 is 0. The van der Waals surface area contributed by atoms with Gasteiger partial charge in [0.1, 0.15) is 11.9 Å². The Bertz CT molecular complexity index is 415. The fourth-order valence-electron chi connectivity index (χ4n) is 1.13. The highest BCUT2D eigenvalue weighted by Gasteiger charge is 2.23. The van der Waals surface area contributed by atoms with E-state index in [4.69, 9.17) is 20.4 Å². The van der Waals surface area contributed by atoms with Crippen LogP contribution in [0.25, 0.3) is 0 Å². The standard InChI is InChI=1S/C8H11NO.C4H6O6.H2O/c9-6-5-7-1-3-8(10)4-2-7;5-1(3(7)8)2(6)4(9)10;/h1-4,10H,5-6,9H2;1-2,5-6H,(H,7,8)(H,9,10);1H2/t;1-,2-;/m.0./s1. The normalized spacial score (nSPS) is 12.1. The summed E-state index contributed by atoms with van der Waals surface area (Å²) in [5.74, 6) is -3.50. The molecular formula is C12H19NO8. The molecule has 9 nitrogen and oxygen atoms in total. The molecule has 1 aromatic rings. The fraction of sp³-hybridized carbons (Fsp3) is 0.333. The van der Waals surface area contributed by atoms with Crippen molar-refractivity contribution < 1.29 is 46.3 Å². The molecule has 21 heavy (non-hydrogen) atoms. The number of carboxylic acid groups (broad SMARTS) is 2. The molecular weight excluding hydrogens is 286 g/mol. The van der Waals surface area contributed by atoms with Crippen molar-refractivity contribution >= 4 is 11.9 Å². The van der Waals surface area contributed by atoms with Crippen molar-refractivity contribution in [3.05, 3.63) is 29.8 Å². The van der Waals surface area contributed by atoms with Crippen molar-refractivity contribution in [1.29, 1.82) is 0 Å². The number of hydrogen-bond acceptors (Lipinski definition) is 6. The number of aromatic hydroxyl groups is 1. The van der Waals surface area contributed by atoms with E-state index in [0.29, 0.717) is 5.75 Å². The molecule has 1 aromatic carbocycles. The van der Waals surface area contributed by atoms with Gasteiger partial charge in [0.25, 0.3) is 0 Å². The van der Waals surface area contributed by atoms with Gasteiger partial charge in [-0.25, -0.2) is 4.79 Å². The Labute approximate surface area is 120 Å². The van der Waals surface area contributed by atoms with Crippen LogP contribution in [-0.4, -0.2) is 56.6 Å². The molecule has 2 atom stereocenters. The van der Waals surface area contributed by atoms with Gasteiger partial charge in [-0.1, -0.05) is 12.1 Å². The zero-order valence-corrected chi connectivity index (χ0v) is 11.1. The second-order valence-corrected chi connectivity index (χ2v) is 3.82. The minimum atomic E-state index is -2.38. The molecule has 120 valence electrons. The maximum Gasteiger partial charge on any atom is 0.335 e. The van der Waals surface area contributed by atoms with Gasteiger partial charge >= 0.3 is 5.97 Å². The Morgan fingerprint density at radius 1 is 1.14 bits per heavy atom. The summed E-state index contributed by atoms with van der Waals surface area (Å²) in [7, 11) is 0. The number of hydrogen-bond donors (Lipinski definition) is 5. The first kappa shape index (κ1) is 21.1. The third-order valence-electron chi connectivity index (χ3n) is 2.20. The lowest BCUT2D eigenvalue weighted by Crippen LogP contribution is -2.51. The molecule has 0 radical (unpaired) electrons. The Morgan fingerprint density at radius 2 is 1.62 bits per heavy atom. The molecule has 0 bridgehead atoms. The van der Waals surface area contributed by atoms with Crippen LogP contribution in [0, 0.1) is 0 Å². The monoisotopic (exact) mass is 305 g/mol. The van der Waals surface area contributed by atoms with Gasteiger partial charge in [0.15, 0.2) is 6.10 Å². The molecule has 0 fully saturated rings. The van der Waals surface area contributed by atoms with Gasteiger partial charge in [-0.3, -0.25) is 0 Å². The summed E-state index contributed by atoms with van der Waals surface area (Å²) in [5, 5.41) is 43.0. The van der Waals surface area contributed by atoms with E-state index >= 15 is 0 Å². The molecule has 0 aromatic heterocycles. The van der Waals surface area contributed by atoms with Gasteiger partial charge < -0.3 is 41.5 Å². The second-order valence-electron chi connectivity index (χ2n) is 3.82. The number of benzene rings is 1. The van der Waals surface area contributed by atoms with Crippen molar-refractivity contribution in [2.45, 2.75) is 18.6 Å². The summed E-state index contributed by atoms with van der Waals surface area (Å²) in [6.07, 6.45) is -3.72. The van der Waals surface area contributed by atoms with E-state index in [9.17, 15) is 14.7 Å². The predicted molar refractivity (Wildman–Crippen MR) is 67.8 cm³/mol. The van der Waals surface area contributed by atoms with Crippen molar-refractivity contribution in [3.63, 3.8) is 0 Å². The van der Waals surface area contributed by atoms with E-state index in [1.807, 2.05) is 12.1 Å². The highest BCUT2D eigenvalue weighted by Crippen LogP contribution is 2.08. The zero-order chi connectivity index (χ0) is 15.7. The zero-order valence-electron chi connectivity index (χ0n) is 11.1. The van der Waals surface area contributed by atoms with Crippen LogP contribution in [0.1, 0.15) is 5.56 Å². The number of phenolic OH excluding ortho intramolecular Hbond substituents is 1. The van der Waals surface area contributed by atoms with Crippen LogP contribution in [-0.2, 0) is 16.0 Å². The smallest absolute Gasteiger partial charge is 0.335 e. The highest BCUT2D eigenvalue weighted by atomic mass is 16.4. The number of aliphatic carboxylic acids is 2. The molecule has 0 saturated carbocycles. The molecule has 0 amide bonds. The summed E-state index contributed by atoms with van der Waals surface area (Å²) in [4.78, 5) is 19.4. The Kier molecular flexibility index (Phi) is 10.6. The summed E-state index contributed by atoms with van der Waals surface area (Å²) in [5.41, 5.74) is 4.97. The average Bonchev–Trinajstić information content (AvgIpc) is 2.40. The SMILES string of the molecule is O.O=C([O-])[C@@H](O)[C@H](O)C(=O)O.[NH3+]CCc1ccc(O)cc1. The second kappa shape index (κ2) is 10.6. The molecule has 0 saturated heterocycles. The fourth-order valence-corrected chi connectivity index (χ4v) is 1.13. The minimum Gasteiger partial charge on any atom is -0.547 e. The number of aliphatic hydroxyl groups excluding tert-OH is 2. The molecule has 9 heteroatoms. The van der Waals surface area contributed by atoms with Crippen LogP contribution < -0.4 is 10.8 Å². The average molecular weight is 305 g/mol. The summed E-state index contributed by atoms with van der Waals surface area (Å²) in [6, 6.07) is 7.23. The Hall–Kier alpha value is -2.20. The van der Waals surface area contributed by atoms with Crippen molar-refractivity contribution in [1.82, 2.24) is 0 Å². The van der Waals surface area contributed by atoms with E-state index in [1.54, 1.807) is 12.1 Å². The van der Waals surface area contributed by atoms with Crippen LogP contribution in [0.5, 0.6) is 5.75 Å². The van der Waals surface area contributed by atoms with Gasteiger partial charge in [0, 0.05) is 6.42 Å². The topological polar surface area (TPSA) is 197 Å². The molecule has 0 spiro atoms. The molecule has 0 aliphatic heterocycles. The van der Waals surface area contributed by atoms with E-state index in [0.717, 1.165) is 13.0 Å². The third-order valence-corrected chi connectivity index (χ3v) is 2.20. The maximum atomic E-state index is 9.74. The summed E-state index contributed by atoms with van der Waals surface area (Å²) < 4.78 is 0. The van der Waals surface area contributed by atoms with Gasteiger partial charge in [-0.05, 0) is 17.7 Å². The number of carboxylic acids is 2. The quantitative estimate of drug-likeness (QED) is 0.364. The molecule has 9 N–H and O–H groups in total. The molecule has 0 aliphatic rings. The number of phenols is 1. The highest BCUT2D eigenvalue weighted by molar-refractivity contribution is 5.82. The van der Waals surface area contributed by atoms with Crippen molar-refractivity contribution in [2.75, 3.05) is 6.54 Å².